The first-order valence-electron chi connectivity index (χ1n) is 6.11. The van der Waals surface area contributed by atoms with Crippen molar-refractivity contribution in [2.45, 2.75) is 33.6 Å². The van der Waals surface area contributed by atoms with Gasteiger partial charge in [0.25, 0.3) is 5.09 Å². The Morgan fingerprint density at radius 1 is 1.26 bits per heavy atom. The molecule has 19 heavy (non-hydrogen) atoms. The average Bonchev–Trinajstić information content (AvgIpc) is 2.27. The minimum Gasteiger partial charge on any atom is -0.370 e. The molecule has 0 heterocycles. The number of hydrogen-bond acceptors (Lipinski definition) is 3. The second-order valence-corrected chi connectivity index (χ2v) is 3.54. The van der Waals surface area contributed by atoms with Gasteiger partial charge in [-0.15, -0.1) is 10.1 Å². The molecule has 0 radical (unpaired) electrons. The maximum atomic E-state index is 8.36. The second-order valence-electron chi connectivity index (χ2n) is 3.54. The molecule has 5 N–H and O–H groups in total. The molecule has 9 nitrogen and oxygen atoms in total. The Morgan fingerprint density at radius 2 is 1.68 bits per heavy atom. The van der Waals surface area contributed by atoms with Crippen molar-refractivity contribution in [2.24, 2.45) is 21.5 Å². The first kappa shape index (κ1) is 19.3. The largest absolute Gasteiger partial charge is 0.370 e. The highest BCUT2D eigenvalue weighted by molar-refractivity contribution is 5.93. The van der Waals surface area contributed by atoms with Gasteiger partial charge in [-0.3, -0.25) is 4.99 Å². The van der Waals surface area contributed by atoms with E-state index in [0.717, 1.165) is 25.9 Å². The summed E-state index contributed by atoms with van der Waals surface area (Å²) in [6, 6.07) is 0. The molecule has 0 amide bonds. The standard InChI is InChI=1S/C10H23N5.HNO3/c1-4-7-15(8-5-2)10(13-6-3)14-9(11)12;2-1(3)4/h4-8H2,1-3H3,(H4,11,12,13,14);(H,2,3,4). The molecule has 0 spiro atoms. The van der Waals surface area contributed by atoms with E-state index in [0.29, 0.717) is 12.5 Å². The molecule has 112 valence electrons. The number of rotatable bonds is 5. The van der Waals surface area contributed by atoms with Crippen molar-refractivity contribution in [3.8, 4) is 0 Å². The molecule has 0 saturated carbocycles. The van der Waals surface area contributed by atoms with E-state index in [1.54, 1.807) is 0 Å². The van der Waals surface area contributed by atoms with Crippen LogP contribution >= 0.6 is 0 Å². The van der Waals surface area contributed by atoms with Gasteiger partial charge in [0.15, 0.2) is 5.96 Å². The third kappa shape index (κ3) is 13.9. The van der Waals surface area contributed by atoms with Gasteiger partial charge < -0.3 is 21.6 Å². The summed E-state index contributed by atoms with van der Waals surface area (Å²) in [6.45, 7) is 8.78. The maximum Gasteiger partial charge on any atom is 0.291 e. The summed E-state index contributed by atoms with van der Waals surface area (Å²) in [5.74, 6) is 0.723. The van der Waals surface area contributed by atoms with Gasteiger partial charge in [0.05, 0.1) is 0 Å². The van der Waals surface area contributed by atoms with Crippen molar-refractivity contribution in [2.75, 3.05) is 19.6 Å². The Kier molecular flexibility index (Phi) is 12.6. The first-order valence-corrected chi connectivity index (χ1v) is 6.11. The minimum atomic E-state index is -1.50. The summed E-state index contributed by atoms with van der Waals surface area (Å²) < 4.78 is 0. The molecule has 0 unspecified atom stereocenters. The monoisotopic (exact) mass is 276 g/mol. The molecule has 0 aromatic carbocycles. The van der Waals surface area contributed by atoms with E-state index in [9.17, 15) is 0 Å². The molecule has 0 aromatic rings. The van der Waals surface area contributed by atoms with Gasteiger partial charge in [-0.2, -0.15) is 4.99 Å². The van der Waals surface area contributed by atoms with Crippen LogP contribution in [0.15, 0.2) is 9.98 Å². The molecule has 0 saturated heterocycles. The highest BCUT2D eigenvalue weighted by atomic mass is 16.9. The Bertz CT molecular complexity index is 292. The summed E-state index contributed by atoms with van der Waals surface area (Å²) in [4.78, 5) is 18.8. The molecule has 0 aliphatic rings. The highest BCUT2D eigenvalue weighted by Crippen LogP contribution is 1.98. The van der Waals surface area contributed by atoms with E-state index in [1.165, 1.54) is 0 Å². The molecule has 0 atom stereocenters. The molecular formula is C10H24N6O3. The van der Waals surface area contributed by atoms with Crippen LogP contribution in [0.25, 0.3) is 0 Å². The van der Waals surface area contributed by atoms with Crippen molar-refractivity contribution in [1.82, 2.24) is 4.90 Å². The summed E-state index contributed by atoms with van der Waals surface area (Å²) in [5, 5.41) is 13.6. The molecule has 0 fully saturated rings. The third-order valence-electron chi connectivity index (χ3n) is 1.80. The van der Waals surface area contributed by atoms with Gasteiger partial charge in [0.2, 0.25) is 5.96 Å². The van der Waals surface area contributed by atoms with Gasteiger partial charge >= 0.3 is 0 Å². The van der Waals surface area contributed by atoms with Crippen LogP contribution in [0, 0.1) is 10.1 Å². The smallest absolute Gasteiger partial charge is 0.291 e. The van der Waals surface area contributed by atoms with Crippen LogP contribution in [0.3, 0.4) is 0 Å². The Labute approximate surface area is 113 Å². The lowest BCUT2D eigenvalue weighted by Gasteiger charge is -2.22. The molecule has 0 rings (SSSR count). The fraction of sp³-hybridized carbons (Fsp3) is 0.800. The summed E-state index contributed by atoms with van der Waals surface area (Å²) in [7, 11) is 0. The van der Waals surface area contributed by atoms with Crippen LogP contribution in [0.1, 0.15) is 33.6 Å². The summed E-state index contributed by atoms with van der Waals surface area (Å²) in [5.41, 5.74) is 10.7. The molecule has 0 aromatic heterocycles. The Hall–Kier alpha value is -2.06. The van der Waals surface area contributed by atoms with Crippen molar-refractivity contribution in [1.29, 1.82) is 0 Å². The number of aliphatic imine (C=N–C) groups is 2. The predicted octanol–water partition coefficient (Wildman–Crippen LogP) is 0.410. The molecule has 0 aliphatic carbocycles. The third-order valence-corrected chi connectivity index (χ3v) is 1.80. The molecule has 9 heteroatoms. The molecule has 0 aliphatic heterocycles. The zero-order valence-corrected chi connectivity index (χ0v) is 11.7. The number of nitrogens with zero attached hydrogens (tertiary/aromatic N) is 4. The Balaban J connectivity index is 0. The number of nitrogens with two attached hydrogens (primary N) is 2. The predicted molar refractivity (Wildman–Crippen MR) is 74.7 cm³/mol. The lowest BCUT2D eigenvalue weighted by atomic mass is 10.4. The lowest BCUT2D eigenvalue weighted by molar-refractivity contribution is -0.742. The molecular weight excluding hydrogens is 252 g/mol. The van der Waals surface area contributed by atoms with Gasteiger partial charge in [-0.25, -0.2) is 0 Å². The van der Waals surface area contributed by atoms with Crippen LogP contribution in [-0.4, -0.2) is 46.7 Å². The highest BCUT2D eigenvalue weighted by Gasteiger charge is 2.08. The normalized spacial score (nSPS) is 10.2. The fourth-order valence-corrected chi connectivity index (χ4v) is 1.31. The van der Waals surface area contributed by atoms with Crippen LogP contribution in [0.2, 0.25) is 0 Å². The average molecular weight is 276 g/mol. The van der Waals surface area contributed by atoms with Crippen molar-refractivity contribution >= 4 is 11.9 Å². The molecule has 0 bridgehead atoms. The van der Waals surface area contributed by atoms with Crippen molar-refractivity contribution < 1.29 is 10.3 Å². The summed E-state index contributed by atoms with van der Waals surface area (Å²) in [6.07, 6.45) is 2.12. The fourth-order valence-electron chi connectivity index (χ4n) is 1.31. The van der Waals surface area contributed by atoms with Crippen LogP contribution in [0.4, 0.5) is 0 Å². The quantitative estimate of drug-likeness (QED) is 0.287. The van der Waals surface area contributed by atoms with Gasteiger partial charge in [0.1, 0.15) is 0 Å². The van der Waals surface area contributed by atoms with E-state index < -0.39 is 5.09 Å². The van der Waals surface area contributed by atoms with Crippen LogP contribution in [0.5, 0.6) is 0 Å². The van der Waals surface area contributed by atoms with Gasteiger partial charge in [0, 0.05) is 19.6 Å². The first-order chi connectivity index (χ1) is 8.88. The van der Waals surface area contributed by atoms with E-state index in [2.05, 4.69) is 28.7 Å². The summed E-state index contributed by atoms with van der Waals surface area (Å²) >= 11 is 0. The van der Waals surface area contributed by atoms with Gasteiger partial charge in [-0.05, 0) is 19.8 Å². The van der Waals surface area contributed by atoms with Crippen LogP contribution < -0.4 is 11.5 Å². The maximum absolute atomic E-state index is 8.36. The zero-order valence-electron chi connectivity index (χ0n) is 11.7. The number of guanidine groups is 2. The number of hydrogen-bond donors (Lipinski definition) is 3. The zero-order chi connectivity index (χ0) is 15.3. The topological polar surface area (TPSA) is 143 Å². The van der Waals surface area contributed by atoms with Crippen molar-refractivity contribution in [3.63, 3.8) is 0 Å². The van der Waals surface area contributed by atoms with E-state index in [-0.39, 0.29) is 5.96 Å². The second kappa shape index (κ2) is 12.4. The van der Waals surface area contributed by atoms with E-state index in [4.69, 9.17) is 26.8 Å². The van der Waals surface area contributed by atoms with E-state index in [1.807, 2.05) is 6.92 Å². The Morgan fingerprint density at radius 3 is 1.95 bits per heavy atom. The lowest BCUT2D eigenvalue weighted by Crippen LogP contribution is -2.35. The van der Waals surface area contributed by atoms with Crippen molar-refractivity contribution in [3.05, 3.63) is 10.1 Å². The van der Waals surface area contributed by atoms with E-state index >= 15 is 0 Å². The minimum absolute atomic E-state index is 0.0689. The SMILES string of the molecule is CCCN(CCC)C(N=C(N)N)=NCC.O=[N+]([O-])O. The van der Waals surface area contributed by atoms with Gasteiger partial charge in [-0.1, -0.05) is 13.8 Å². The van der Waals surface area contributed by atoms with Crippen LogP contribution in [-0.2, 0) is 0 Å².